The number of allylic oxidation sites excluding steroid dienone is 1. The van der Waals surface area contributed by atoms with Crippen molar-refractivity contribution in [2.75, 3.05) is 5.32 Å². The number of Topliss-reactive ketones (excluding diaryl/α,β-unsaturated/α-hetero) is 1. The molecule has 0 atom stereocenters. The number of hydrogen-bond acceptors (Lipinski definition) is 6. The van der Waals surface area contributed by atoms with Crippen LogP contribution in [-0.2, 0) is 20.9 Å². The lowest BCUT2D eigenvalue weighted by molar-refractivity contribution is -0.134. The number of rotatable bonds is 5. The van der Waals surface area contributed by atoms with E-state index < -0.39 is 17.3 Å². The molecule has 0 unspecified atom stereocenters. The number of carbonyl (C=O) groups excluding carboxylic acids is 1. The van der Waals surface area contributed by atoms with Crippen LogP contribution in [0.25, 0.3) is 17.1 Å². The maximum absolute atomic E-state index is 12.6. The van der Waals surface area contributed by atoms with E-state index in [-0.39, 0.29) is 18.2 Å². The van der Waals surface area contributed by atoms with E-state index in [1.807, 2.05) is 6.07 Å². The van der Waals surface area contributed by atoms with E-state index in [0.29, 0.717) is 22.5 Å². The van der Waals surface area contributed by atoms with Crippen LogP contribution in [0.4, 0.5) is 5.69 Å². The molecule has 8 heteroatoms. The summed E-state index contributed by atoms with van der Waals surface area (Å²) in [5.41, 5.74) is 2.06. The molecule has 0 amide bonds. The summed E-state index contributed by atoms with van der Waals surface area (Å²) in [6.07, 6.45) is 4.79. The number of aliphatic carboxylic acids is 1. The first-order chi connectivity index (χ1) is 13.6. The zero-order chi connectivity index (χ0) is 19.7. The van der Waals surface area contributed by atoms with Crippen molar-refractivity contribution >= 4 is 34.5 Å². The molecule has 0 saturated heterocycles. The van der Waals surface area contributed by atoms with Crippen LogP contribution in [0.2, 0.25) is 0 Å². The summed E-state index contributed by atoms with van der Waals surface area (Å²) in [6, 6.07) is 10.3. The minimum Gasteiger partial charge on any atom is -0.477 e. The number of carboxylic acid groups (broad SMARTS) is 1. The second-order valence-corrected chi connectivity index (χ2v) is 6.07. The van der Waals surface area contributed by atoms with Gasteiger partial charge in [-0.15, -0.1) is 0 Å². The average molecular weight is 377 g/mol. The van der Waals surface area contributed by atoms with Crippen LogP contribution in [-0.4, -0.2) is 31.9 Å². The maximum Gasteiger partial charge on any atom is 0.345 e. The van der Waals surface area contributed by atoms with Gasteiger partial charge in [-0.3, -0.25) is 4.79 Å². The summed E-state index contributed by atoms with van der Waals surface area (Å²) in [6.45, 7) is -0.106. The van der Waals surface area contributed by atoms with E-state index >= 15 is 0 Å². The molecule has 4 rings (SSSR count). The van der Waals surface area contributed by atoms with Crippen molar-refractivity contribution in [2.24, 2.45) is 0 Å². The highest BCUT2D eigenvalue weighted by molar-refractivity contribution is 6.26. The summed E-state index contributed by atoms with van der Waals surface area (Å²) in [7, 11) is 0. The predicted molar refractivity (Wildman–Crippen MR) is 101 cm³/mol. The van der Waals surface area contributed by atoms with E-state index in [1.54, 1.807) is 42.7 Å². The zero-order valence-electron chi connectivity index (χ0n) is 14.5. The molecule has 0 aliphatic carbocycles. The van der Waals surface area contributed by atoms with Crippen LogP contribution in [0, 0.1) is 0 Å². The SMILES string of the molecule is O=C(O)C1=C(Nc2ccc(CO)cc2)OC(=Cc2c[nH]c3ncccc23)C1=O. The van der Waals surface area contributed by atoms with Gasteiger partial charge >= 0.3 is 5.97 Å². The molecule has 0 saturated carbocycles. The predicted octanol–water partition coefficient (Wildman–Crippen LogP) is 2.40. The molecule has 1 aliphatic rings. The van der Waals surface area contributed by atoms with E-state index in [0.717, 1.165) is 5.39 Å². The molecule has 0 radical (unpaired) electrons. The lowest BCUT2D eigenvalue weighted by atomic mass is 10.1. The van der Waals surface area contributed by atoms with Crippen LogP contribution in [0.15, 0.2) is 66.0 Å². The van der Waals surface area contributed by atoms with Crippen molar-refractivity contribution in [3.63, 3.8) is 0 Å². The van der Waals surface area contributed by atoms with Gasteiger partial charge in [0.25, 0.3) is 0 Å². The fourth-order valence-electron chi connectivity index (χ4n) is 2.87. The van der Waals surface area contributed by atoms with Gasteiger partial charge in [-0.1, -0.05) is 12.1 Å². The molecule has 3 heterocycles. The molecular weight excluding hydrogens is 362 g/mol. The Kier molecular flexibility index (Phi) is 4.38. The van der Waals surface area contributed by atoms with E-state index in [4.69, 9.17) is 9.84 Å². The van der Waals surface area contributed by atoms with Crippen molar-refractivity contribution in [1.82, 2.24) is 9.97 Å². The Hall–Kier alpha value is -3.91. The normalized spacial score (nSPS) is 15.3. The van der Waals surface area contributed by atoms with Crippen LogP contribution in [0.5, 0.6) is 0 Å². The van der Waals surface area contributed by atoms with Crippen LogP contribution >= 0.6 is 0 Å². The number of hydrogen-bond donors (Lipinski definition) is 4. The lowest BCUT2D eigenvalue weighted by Gasteiger charge is -2.08. The molecule has 0 bridgehead atoms. The number of aliphatic hydroxyl groups excluding tert-OH is 1. The lowest BCUT2D eigenvalue weighted by Crippen LogP contribution is -2.12. The Bertz CT molecular complexity index is 1140. The molecule has 3 aromatic rings. The first-order valence-electron chi connectivity index (χ1n) is 8.37. The molecule has 0 fully saturated rings. The number of fused-ring (bicyclic) bond motifs is 1. The molecule has 0 spiro atoms. The van der Waals surface area contributed by atoms with Gasteiger partial charge in [-0.25, -0.2) is 9.78 Å². The van der Waals surface area contributed by atoms with Gasteiger partial charge in [0.05, 0.1) is 6.61 Å². The van der Waals surface area contributed by atoms with Gasteiger partial charge in [0.15, 0.2) is 11.3 Å². The molecule has 2 aromatic heterocycles. The highest BCUT2D eigenvalue weighted by Crippen LogP contribution is 2.29. The van der Waals surface area contributed by atoms with Gasteiger partial charge in [-0.2, -0.15) is 0 Å². The summed E-state index contributed by atoms with van der Waals surface area (Å²) in [5, 5.41) is 22.2. The number of carbonyl (C=O) groups is 2. The van der Waals surface area contributed by atoms with E-state index in [2.05, 4.69) is 15.3 Å². The number of aromatic amines is 1. The van der Waals surface area contributed by atoms with Gasteiger partial charge in [0.2, 0.25) is 11.7 Å². The first-order valence-corrected chi connectivity index (χ1v) is 8.37. The molecule has 8 nitrogen and oxygen atoms in total. The Morgan fingerprint density at radius 3 is 2.75 bits per heavy atom. The standard InChI is InChI=1S/C20H15N3O5/c24-10-11-3-5-13(6-4-11)23-19-16(20(26)27)17(25)15(28-19)8-12-9-22-18-14(12)2-1-7-21-18/h1-9,23-24H,10H2,(H,21,22)(H,26,27). The second-order valence-electron chi connectivity index (χ2n) is 6.07. The number of carboxylic acids is 1. The fraction of sp³-hybridized carbons (Fsp3) is 0.0500. The minimum atomic E-state index is -1.39. The summed E-state index contributed by atoms with van der Waals surface area (Å²) in [4.78, 5) is 31.3. The number of ether oxygens (including phenoxy) is 1. The average Bonchev–Trinajstić information content (AvgIpc) is 3.24. The first kappa shape index (κ1) is 17.5. The number of aliphatic hydroxyl groups is 1. The summed E-state index contributed by atoms with van der Waals surface area (Å²) >= 11 is 0. The number of benzene rings is 1. The highest BCUT2D eigenvalue weighted by Gasteiger charge is 2.36. The van der Waals surface area contributed by atoms with Gasteiger partial charge < -0.3 is 25.3 Å². The fourth-order valence-corrected chi connectivity index (χ4v) is 2.87. The van der Waals surface area contributed by atoms with Crippen LogP contribution in [0.1, 0.15) is 11.1 Å². The van der Waals surface area contributed by atoms with Crippen LogP contribution < -0.4 is 5.32 Å². The van der Waals surface area contributed by atoms with E-state index in [1.165, 1.54) is 6.08 Å². The number of H-pyrrole nitrogens is 1. The van der Waals surface area contributed by atoms with Crippen molar-refractivity contribution in [3.05, 3.63) is 77.1 Å². The Balaban J connectivity index is 1.66. The van der Waals surface area contributed by atoms with Crippen LogP contribution in [0.3, 0.4) is 0 Å². The smallest absolute Gasteiger partial charge is 0.345 e. The van der Waals surface area contributed by atoms with Crippen molar-refractivity contribution in [1.29, 1.82) is 0 Å². The van der Waals surface area contributed by atoms with E-state index in [9.17, 15) is 14.7 Å². The number of nitrogens with one attached hydrogen (secondary N) is 2. The Morgan fingerprint density at radius 2 is 2.04 bits per heavy atom. The summed E-state index contributed by atoms with van der Waals surface area (Å²) in [5.74, 6) is -2.36. The van der Waals surface area contributed by atoms with Crippen molar-refractivity contribution in [2.45, 2.75) is 6.61 Å². The second kappa shape index (κ2) is 7.01. The molecule has 1 aliphatic heterocycles. The molecule has 140 valence electrons. The number of pyridine rings is 1. The third kappa shape index (κ3) is 3.12. The molecule has 28 heavy (non-hydrogen) atoms. The number of anilines is 1. The van der Waals surface area contributed by atoms with Crippen molar-refractivity contribution in [3.8, 4) is 0 Å². The Labute approximate surface area is 158 Å². The number of nitrogens with zero attached hydrogens (tertiary/aromatic N) is 1. The van der Waals surface area contributed by atoms with Crippen molar-refractivity contribution < 1.29 is 24.5 Å². The largest absolute Gasteiger partial charge is 0.477 e. The zero-order valence-corrected chi connectivity index (χ0v) is 14.5. The number of aromatic nitrogens is 2. The molecule has 4 N–H and O–H groups in total. The third-order valence-electron chi connectivity index (χ3n) is 4.27. The molecule has 1 aromatic carbocycles. The maximum atomic E-state index is 12.6. The van der Waals surface area contributed by atoms with Gasteiger partial charge in [-0.05, 0) is 35.9 Å². The van der Waals surface area contributed by atoms with Gasteiger partial charge in [0.1, 0.15) is 5.65 Å². The minimum absolute atomic E-state index is 0.100. The monoisotopic (exact) mass is 377 g/mol. The molecular formula is C20H15N3O5. The quantitative estimate of drug-likeness (QED) is 0.397. The number of ketones is 1. The summed E-state index contributed by atoms with van der Waals surface area (Å²) < 4.78 is 5.55. The Morgan fingerprint density at radius 1 is 1.25 bits per heavy atom. The third-order valence-corrected chi connectivity index (χ3v) is 4.27. The topological polar surface area (TPSA) is 125 Å². The van der Waals surface area contributed by atoms with Gasteiger partial charge in [0, 0.05) is 29.0 Å². The highest BCUT2D eigenvalue weighted by atomic mass is 16.5.